The van der Waals surface area contributed by atoms with Gasteiger partial charge in [-0.05, 0) is 31.4 Å². The molecule has 33 heavy (non-hydrogen) atoms. The van der Waals surface area contributed by atoms with Crippen molar-refractivity contribution in [3.8, 4) is 22.8 Å². The van der Waals surface area contributed by atoms with Crippen molar-refractivity contribution in [2.75, 3.05) is 11.2 Å². The number of rotatable bonds is 3. The number of benzene rings is 2. The normalized spacial score (nSPS) is 14.8. The number of halogens is 1. The Morgan fingerprint density at radius 1 is 1.09 bits per heavy atom. The van der Waals surface area contributed by atoms with Crippen molar-refractivity contribution in [2.24, 2.45) is 0 Å². The van der Waals surface area contributed by atoms with Crippen molar-refractivity contribution >= 4 is 35.0 Å². The predicted octanol–water partition coefficient (Wildman–Crippen LogP) is 4.85. The van der Waals surface area contributed by atoms with Gasteiger partial charge in [0.15, 0.2) is 5.69 Å². The van der Waals surface area contributed by atoms with Gasteiger partial charge >= 0.3 is 0 Å². The number of hydrogen-bond donors (Lipinski definition) is 0. The smallest absolute Gasteiger partial charge is 0.247 e. The summed E-state index contributed by atoms with van der Waals surface area (Å²) in [6.07, 6.45) is 0.958. The lowest BCUT2D eigenvalue weighted by molar-refractivity contribution is -0.118. The van der Waals surface area contributed by atoms with Crippen LogP contribution in [0.4, 0.5) is 5.69 Å². The Morgan fingerprint density at radius 2 is 1.82 bits per heavy atom. The Morgan fingerprint density at radius 3 is 2.55 bits per heavy atom. The number of anilines is 1. The summed E-state index contributed by atoms with van der Waals surface area (Å²) < 4.78 is 8.03. The van der Waals surface area contributed by atoms with Gasteiger partial charge in [0, 0.05) is 12.5 Å². The molecule has 1 aliphatic rings. The quantitative estimate of drug-likeness (QED) is 0.389. The molecule has 0 N–H and O–H groups in total. The van der Waals surface area contributed by atoms with Gasteiger partial charge in [0.25, 0.3) is 0 Å². The third-order valence-electron chi connectivity index (χ3n) is 5.33. The number of nitrogens with zero attached hydrogens (tertiary/aromatic N) is 6. The fourth-order valence-electron chi connectivity index (χ4n) is 3.86. The number of aromatic nitrogens is 5. The highest BCUT2D eigenvalue weighted by Gasteiger charge is 2.38. The first kappa shape index (κ1) is 21.4. The largest absolute Gasteiger partial charge is 0.447 e. The minimum absolute atomic E-state index is 0.221. The van der Waals surface area contributed by atoms with Gasteiger partial charge in [0.1, 0.15) is 5.15 Å². The first-order valence-corrected chi connectivity index (χ1v) is 11.7. The minimum Gasteiger partial charge on any atom is -0.447 e. The van der Waals surface area contributed by atoms with Gasteiger partial charge in [-0.25, -0.2) is 4.68 Å². The molecule has 0 aliphatic carbocycles. The van der Waals surface area contributed by atoms with Gasteiger partial charge in [-0.2, -0.15) is 10.1 Å². The van der Waals surface area contributed by atoms with Crippen LogP contribution in [0.5, 0.6) is 5.88 Å². The molecule has 0 saturated heterocycles. The topological polar surface area (TPSA) is 86.0 Å². The number of amides is 1. The van der Waals surface area contributed by atoms with Crippen molar-refractivity contribution in [1.82, 2.24) is 25.0 Å². The van der Waals surface area contributed by atoms with Crippen molar-refractivity contribution in [3.63, 3.8) is 0 Å². The van der Waals surface area contributed by atoms with Crippen molar-refractivity contribution in [2.45, 2.75) is 25.2 Å². The third kappa shape index (κ3) is 3.63. The number of fused-ring (bicyclic) bond motifs is 3. The molecule has 10 heteroatoms. The van der Waals surface area contributed by atoms with Crippen LogP contribution < -0.4 is 9.64 Å². The van der Waals surface area contributed by atoms with Crippen LogP contribution in [-0.4, -0.2) is 37.1 Å². The average molecular weight is 479 g/mol. The number of thioether (sulfide) groups is 1. The van der Waals surface area contributed by atoms with Crippen LogP contribution in [0.1, 0.15) is 24.4 Å². The van der Waals surface area contributed by atoms with Crippen molar-refractivity contribution in [3.05, 3.63) is 71.0 Å². The maximum atomic E-state index is 13.0. The second-order valence-electron chi connectivity index (χ2n) is 7.37. The van der Waals surface area contributed by atoms with E-state index in [9.17, 15) is 4.79 Å². The van der Waals surface area contributed by atoms with Crippen LogP contribution in [0.3, 0.4) is 0 Å². The van der Waals surface area contributed by atoms with Gasteiger partial charge in [0.2, 0.25) is 23.2 Å². The van der Waals surface area contributed by atoms with Crippen LogP contribution in [-0.2, 0) is 4.79 Å². The van der Waals surface area contributed by atoms with Crippen LogP contribution >= 0.6 is 23.4 Å². The highest BCUT2D eigenvalue weighted by Crippen LogP contribution is 2.45. The number of aryl methyl sites for hydroxylation is 1. The molecule has 0 radical (unpaired) electrons. The Kier molecular flexibility index (Phi) is 5.51. The van der Waals surface area contributed by atoms with E-state index >= 15 is 0 Å². The number of carbonyl (C=O) groups excluding carboxylic acids is 1. The Balaban J connectivity index is 1.75. The fourth-order valence-corrected chi connectivity index (χ4v) is 4.52. The number of carbonyl (C=O) groups is 1. The molecular weight excluding hydrogens is 460 g/mol. The molecule has 1 unspecified atom stereocenters. The zero-order chi connectivity index (χ0) is 23.1. The summed E-state index contributed by atoms with van der Waals surface area (Å²) in [6.45, 7) is 3.33. The molecular formula is C23H19ClN6O2S. The first-order valence-electron chi connectivity index (χ1n) is 10.1. The Labute approximate surface area is 199 Å². The van der Waals surface area contributed by atoms with Crippen LogP contribution in [0.25, 0.3) is 16.9 Å². The van der Waals surface area contributed by atoms with Crippen LogP contribution in [0.15, 0.2) is 59.8 Å². The van der Waals surface area contributed by atoms with E-state index in [-0.39, 0.29) is 11.8 Å². The average Bonchev–Trinajstić information content (AvgIpc) is 3.04. The Hall–Kier alpha value is -3.43. The number of ether oxygens (including phenoxy) is 1. The SMILES string of the molecule is CSc1nnc2c(n1)OC(c1c(C)nn(-c3ccccc3)c1Cl)N(C(C)=O)c1ccccc1-2. The standard InChI is InChI=1S/C23H19ClN6O2S/c1-13-18(20(24)30(28-13)15-9-5-4-6-10-15)22-29(14(2)31)17-12-8-7-11-16(17)19-21(32-22)25-23(33-3)27-26-19/h4-12,22H,1-3H3. The van der Waals surface area contributed by atoms with Crippen molar-refractivity contribution < 1.29 is 9.53 Å². The zero-order valence-corrected chi connectivity index (χ0v) is 19.6. The molecule has 166 valence electrons. The molecule has 2 aromatic carbocycles. The van der Waals surface area contributed by atoms with Crippen LogP contribution in [0.2, 0.25) is 5.15 Å². The summed E-state index contributed by atoms with van der Waals surface area (Å²) in [5, 5.41) is 14.0. The van der Waals surface area contributed by atoms with Crippen molar-refractivity contribution in [1.29, 1.82) is 0 Å². The Bertz CT molecular complexity index is 1360. The van der Waals surface area contributed by atoms with E-state index in [0.717, 1.165) is 5.69 Å². The highest BCUT2D eigenvalue weighted by atomic mass is 35.5. The zero-order valence-electron chi connectivity index (χ0n) is 18.1. The molecule has 8 nitrogen and oxygen atoms in total. The maximum absolute atomic E-state index is 13.0. The van der Waals surface area contributed by atoms with E-state index in [1.54, 1.807) is 9.58 Å². The first-order chi connectivity index (χ1) is 16.0. The summed E-state index contributed by atoms with van der Waals surface area (Å²) in [7, 11) is 0. The summed E-state index contributed by atoms with van der Waals surface area (Å²) >= 11 is 8.22. The molecule has 4 aromatic rings. The molecule has 1 atom stereocenters. The molecule has 1 amide bonds. The van der Waals surface area contributed by atoms with E-state index < -0.39 is 6.23 Å². The van der Waals surface area contributed by atoms with E-state index in [2.05, 4.69) is 20.3 Å². The fraction of sp³-hybridized carbons (Fsp3) is 0.174. The number of para-hydroxylation sites is 2. The van der Waals surface area contributed by atoms with E-state index in [1.165, 1.54) is 18.7 Å². The summed E-state index contributed by atoms with van der Waals surface area (Å²) in [6, 6.07) is 17.0. The lowest BCUT2D eigenvalue weighted by Gasteiger charge is -2.29. The van der Waals surface area contributed by atoms with Gasteiger partial charge in [-0.1, -0.05) is 59.8 Å². The minimum atomic E-state index is -0.902. The third-order valence-corrected chi connectivity index (χ3v) is 6.23. The lowest BCUT2D eigenvalue weighted by Crippen LogP contribution is -2.36. The summed E-state index contributed by atoms with van der Waals surface area (Å²) in [5.41, 5.74) is 3.79. The van der Waals surface area contributed by atoms with E-state index in [1.807, 2.05) is 67.8 Å². The van der Waals surface area contributed by atoms with Crippen LogP contribution in [0, 0.1) is 6.92 Å². The molecule has 0 bridgehead atoms. The summed E-state index contributed by atoms with van der Waals surface area (Å²) in [4.78, 5) is 19.1. The second-order valence-corrected chi connectivity index (χ2v) is 8.50. The second kappa shape index (κ2) is 8.49. The molecule has 5 rings (SSSR count). The molecule has 0 saturated carbocycles. The monoisotopic (exact) mass is 478 g/mol. The molecule has 1 aliphatic heterocycles. The molecule has 0 spiro atoms. The molecule has 2 aromatic heterocycles. The lowest BCUT2D eigenvalue weighted by atomic mass is 10.1. The van der Waals surface area contributed by atoms with Gasteiger partial charge in [-0.3, -0.25) is 9.69 Å². The maximum Gasteiger partial charge on any atom is 0.247 e. The molecule has 0 fully saturated rings. The van der Waals surface area contributed by atoms with Gasteiger partial charge < -0.3 is 4.74 Å². The number of hydrogen-bond acceptors (Lipinski definition) is 7. The van der Waals surface area contributed by atoms with Gasteiger partial charge in [0.05, 0.1) is 22.6 Å². The highest BCUT2D eigenvalue weighted by molar-refractivity contribution is 7.98. The van der Waals surface area contributed by atoms with Gasteiger partial charge in [-0.15, -0.1) is 10.2 Å². The summed E-state index contributed by atoms with van der Waals surface area (Å²) in [5.74, 6) is 0.0553. The predicted molar refractivity (Wildman–Crippen MR) is 127 cm³/mol. The van der Waals surface area contributed by atoms with E-state index in [4.69, 9.17) is 16.3 Å². The molecule has 3 heterocycles. The van der Waals surface area contributed by atoms with E-state index in [0.29, 0.717) is 38.5 Å².